The number of hydrogen-bond donors (Lipinski definition) is 6. The molecule has 10 nitrogen and oxygen atoms in total. The zero-order valence-corrected chi connectivity index (χ0v) is 16.1. The van der Waals surface area contributed by atoms with E-state index in [0.717, 1.165) is 16.5 Å². The lowest BCUT2D eigenvalue weighted by Crippen LogP contribution is -2.52. The molecule has 2 aromatic rings. The molecule has 0 spiro atoms. The Labute approximate surface area is 167 Å². The lowest BCUT2D eigenvalue weighted by Gasteiger charge is -2.21. The summed E-state index contributed by atoms with van der Waals surface area (Å²) in [6.45, 7) is 1.56. The molecule has 1 heterocycles. The third kappa shape index (κ3) is 6.52. The minimum Gasteiger partial charge on any atom is -0.480 e. The van der Waals surface area contributed by atoms with Crippen LogP contribution < -0.4 is 22.1 Å². The summed E-state index contributed by atoms with van der Waals surface area (Å²) in [4.78, 5) is 42.7. The molecule has 8 N–H and O–H groups in total. The summed E-state index contributed by atoms with van der Waals surface area (Å²) in [5, 5.41) is 15.4. The van der Waals surface area contributed by atoms with Crippen LogP contribution in [0.5, 0.6) is 0 Å². The summed E-state index contributed by atoms with van der Waals surface area (Å²) >= 11 is 0. The van der Waals surface area contributed by atoms with Gasteiger partial charge in [0.2, 0.25) is 11.8 Å². The molecule has 0 saturated carbocycles. The van der Waals surface area contributed by atoms with E-state index in [2.05, 4.69) is 20.6 Å². The van der Waals surface area contributed by atoms with Crippen molar-refractivity contribution < 1.29 is 19.5 Å². The van der Waals surface area contributed by atoms with Crippen LogP contribution in [0.4, 0.5) is 0 Å². The second kappa shape index (κ2) is 10.1. The normalized spacial score (nSPS) is 12.7. The van der Waals surface area contributed by atoms with Gasteiger partial charge in [-0.3, -0.25) is 14.6 Å². The molecular weight excluding hydrogens is 376 g/mol. The summed E-state index contributed by atoms with van der Waals surface area (Å²) in [7, 11) is 0. The number of aromatic amines is 1. The minimum absolute atomic E-state index is 0.0784. The van der Waals surface area contributed by atoms with Gasteiger partial charge in [0.05, 0.1) is 0 Å². The van der Waals surface area contributed by atoms with Crippen LogP contribution in [0, 0.1) is 0 Å². The first kappa shape index (κ1) is 21.7. The van der Waals surface area contributed by atoms with E-state index in [1.54, 1.807) is 6.20 Å². The highest BCUT2D eigenvalue weighted by Crippen LogP contribution is 2.19. The Morgan fingerprint density at radius 2 is 1.90 bits per heavy atom. The number of benzene rings is 1. The number of carbonyl (C=O) groups is 3. The van der Waals surface area contributed by atoms with Crippen molar-refractivity contribution in [2.75, 3.05) is 6.54 Å². The Balaban J connectivity index is 2.09. The van der Waals surface area contributed by atoms with Crippen LogP contribution in [0.2, 0.25) is 0 Å². The minimum atomic E-state index is -1.17. The molecule has 0 radical (unpaired) electrons. The number of rotatable bonds is 10. The van der Waals surface area contributed by atoms with Gasteiger partial charge in [0.15, 0.2) is 5.96 Å². The van der Waals surface area contributed by atoms with Gasteiger partial charge in [0, 0.05) is 37.0 Å². The average Bonchev–Trinajstić information content (AvgIpc) is 3.06. The van der Waals surface area contributed by atoms with Gasteiger partial charge in [-0.05, 0) is 24.5 Å². The summed E-state index contributed by atoms with van der Waals surface area (Å²) < 4.78 is 0. The molecule has 2 unspecified atom stereocenters. The Hall–Kier alpha value is -3.56. The largest absolute Gasteiger partial charge is 0.480 e. The second-order valence-corrected chi connectivity index (χ2v) is 6.66. The van der Waals surface area contributed by atoms with Crippen molar-refractivity contribution in [2.24, 2.45) is 16.5 Å². The van der Waals surface area contributed by atoms with Gasteiger partial charge in [-0.25, -0.2) is 4.79 Å². The number of H-pyrrole nitrogens is 1. The van der Waals surface area contributed by atoms with Gasteiger partial charge < -0.3 is 32.2 Å². The highest BCUT2D eigenvalue weighted by atomic mass is 16.4. The van der Waals surface area contributed by atoms with Gasteiger partial charge in [-0.15, -0.1) is 0 Å². The van der Waals surface area contributed by atoms with E-state index in [9.17, 15) is 19.5 Å². The Morgan fingerprint density at radius 3 is 2.55 bits per heavy atom. The first-order chi connectivity index (χ1) is 13.8. The highest BCUT2D eigenvalue weighted by molar-refractivity contribution is 5.91. The number of aliphatic imine (C=N–C) groups is 1. The van der Waals surface area contributed by atoms with E-state index in [0.29, 0.717) is 6.42 Å². The van der Waals surface area contributed by atoms with Crippen molar-refractivity contribution in [3.8, 4) is 0 Å². The highest BCUT2D eigenvalue weighted by Gasteiger charge is 2.26. The number of nitrogens with zero attached hydrogens (tertiary/aromatic N) is 1. The van der Waals surface area contributed by atoms with Crippen molar-refractivity contribution >= 4 is 34.6 Å². The number of aromatic nitrogens is 1. The quantitative estimate of drug-likeness (QED) is 0.183. The number of nitrogens with one attached hydrogen (secondary N) is 3. The number of para-hydroxylation sites is 1. The monoisotopic (exact) mass is 402 g/mol. The van der Waals surface area contributed by atoms with Gasteiger partial charge in [-0.2, -0.15) is 0 Å². The summed E-state index contributed by atoms with van der Waals surface area (Å²) in [6.07, 6.45) is 2.52. The maximum Gasteiger partial charge on any atom is 0.326 e. The Kier molecular flexibility index (Phi) is 7.58. The molecule has 0 aliphatic heterocycles. The van der Waals surface area contributed by atoms with Crippen molar-refractivity contribution in [2.45, 2.75) is 38.3 Å². The van der Waals surface area contributed by atoms with E-state index in [1.165, 1.54) is 6.92 Å². The molecule has 156 valence electrons. The van der Waals surface area contributed by atoms with Crippen LogP contribution in [0.25, 0.3) is 10.9 Å². The number of nitrogens with two attached hydrogens (primary N) is 2. The molecule has 0 aliphatic rings. The van der Waals surface area contributed by atoms with Gasteiger partial charge >= 0.3 is 5.97 Å². The van der Waals surface area contributed by atoms with Gasteiger partial charge in [0.25, 0.3) is 0 Å². The van der Waals surface area contributed by atoms with Crippen LogP contribution in [-0.4, -0.2) is 52.5 Å². The van der Waals surface area contributed by atoms with Gasteiger partial charge in [-0.1, -0.05) is 18.2 Å². The van der Waals surface area contributed by atoms with Crippen LogP contribution in [-0.2, 0) is 20.8 Å². The third-order valence-electron chi connectivity index (χ3n) is 4.35. The number of hydrogen-bond acceptors (Lipinski definition) is 4. The number of aliphatic carboxylic acids is 1. The molecule has 1 aromatic heterocycles. The fourth-order valence-corrected chi connectivity index (χ4v) is 3.01. The Morgan fingerprint density at radius 1 is 1.17 bits per heavy atom. The third-order valence-corrected chi connectivity index (χ3v) is 4.35. The average molecular weight is 402 g/mol. The zero-order chi connectivity index (χ0) is 21.4. The SMILES string of the molecule is CC(=O)NC(Cc1c[nH]c2ccccc12)C(=O)NC(CCCN=C(N)N)C(=O)O. The first-order valence-corrected chi connectivity index (χ1v) is 9.18. The molecule has 0 bridgehead atoms. The topological polar surface area (TPSA) is 176 Å². The van der Waals surface area contributed by atoms with Crippen molar-refractivity contribution in [1.29, 1.82) is 0 Å². The number of carbonyl (C=O) groups excluding carboxylic acids is 2. The number of amides is 2. The van der Waals surface area contributed by atoms with E-state index >= 15 is 0 Å². The molecule has 2 atom stereocenters. The molecule has 10 heteroatoms. The van der Waals surface area contributed by atoms with Crippen molar-refractivity contribution in [1.82, 2.24) is 15.6 Å². The molecule has 29 heavy (non-hydrogen) atoms. The zero-order valence-electron chi connectivity index (χ0n) is 16.1. The molecular formula is C19H26N6O4. The number of guanidine groups is 1. The molecule has 0 saturated heterocycles. The lowest BCUT2D eigenvalue weighted by atomic mass is 10.0. The lowest BCUT2D eigenvalue weighted by molar-refractivity contribution is -0.142. The standard InChI is InChI=1S/C19H26N6O4/c1-11(26)24-16(9-12-10-23-14-6-3-2-5-13(12)14)17(27)25-15(18(28)29)7-4-8-22-19(20)21/h2-3,5-6,10,15-16,23H,4,7-9H2,1H3,(H,24,26)(H,25,27)(H,28,29)(H4,20,21,22). The second-order valence-electron chi connectivity index (χ2n) is 6.66. The maximum absolute atomic E-state index is 12.7. The molecule has 1 aromatic carbocycles. The van der Waals surface area contributed by atoms with Crippen LogP contribution in [0.1, 0.15) is 25.3 Å². The Bertz CT molecular complexity index is 903. The maximum atomic E-state index is 12.7. The molecule has 0 fully saturated rings. The van der Waals surface area contributed by atoms with Crippen LogP contribution in [0.3, 0.4) is 0 Å². The molecule has 2 rings (SSSR count). The van der Waals surface area contributed by atoms with Crippen LogP contribution in [0.15, 0.2) is 35.5 Å². The summed E-state index contributed by atoms with van der Waals surface area (Å²) in [5.74, 6) is -2.20. The van der Waals surface area contributed by atoms with Gasteiger partial charge in [0.1, 0.15) is 12.1 Å². The van der Waals surface area contributed by atoms with E-state index in [-0.39, 0.29) is 31.3 Å². The molecule has 0 aliphatic carbocycles. The van der Waals surface area contributed by atoms with Crippen molar-refractivity contribution in [3.05, 3.63) is 36.0 Å². The summed E-state index contributed by atoms with van der Waals surface area (Å²) in [6, 6.07) is 5.56. The number of fused-ring (bicyclic) bond motifs is 1. The smallest absolute Gasteiger partial charge is 0.326 e. The van der Waals surface area contributed by atoms with E-state index < -0.39 is 24.0 Å². The number of carboxylic acids is 1. The molecule has 2 amide bonds. The van der Waals surface area contributed by atoms with Crippen LogP contribution >= 0.6 is 0 Å². The fraction of sp³-hybridized carbons (Fsp3) is 0.368. The van der Waals surface area contributed by atoms with Crippen molar-refractivity contribution in [3.63, 3.8) is 0 Å². The number of carboxylic acid groups (broad SMARTS) is 1. The fourth-order valence-electron chi connectivity index (χ4n) is 3.01. The predicted molar refractivity (Wildman–Crippen MR) is 109 cm³/mol. The first-order valence-electron chi connectivity index (χ1n) is 9.18. The summed E-state index contributed by atoms with van der Waals surface area (Å²) in [5.41, 5.74) is 12.2. The van der Waals surface area contributed by atoms with E-state index in [1.807, 2.05) is 24.3 Å². The predicted octanol–water partition coefficient (Wildman–Crippen LogP) is -0.162. The van der Waals surface area contributed by atoms with E-state index in [4.69, 9.17) is 11.5 Å².